The molecule has 1 aromatic heterocycles. The first-order valence-corrected chi connectivity index (χ1v) is 9.89. The third-order valence-corrected chi connectivity index (χ3v) is 5.41. The summed E-state index contributed by atoms with van der Waals surface area (Å²) in [6.45, 7) is 4.77. The molecule has 3 heterocycles. The number of ether oxygens (including phenoxy) is 2. The fraction of sp³-hybridized carbons (Fsp3) is 0.364. The highest BCUT2D eigenvalue weighted by Gasteiger charge is 2.27. The SMILES string of the molecule is Fc1ccc2c(c1)CC(c1nc(-c3cccc(CN4CCOCC4)c3)no1)CO2. The van der Waals surface area contributed by atoms with Gasteiger partial charge in [0.1, 0.15) is 18.2 Å². The van der Waals surface area contributed by atoms with Gasteiger partial charge in [0.05, 0.1) is 19.1 Å². The van der Waals surface area contributed by atoms with Crippen LogP contribution in [0, 0.1) is 5.82 Å². The molecule has 5 rings (SSSR count). The topological polar surface area (TPSA) is 60.6 Å². The van der Waals surface area contributed by atoms with Gasteiger partial charge in [0.2, 0.25) is 11.7 Å². The Morgan fingerprint density at radius 2 is 2.00 bits per heavy atom. The minimum Gasteiger partial charge on any atom is -0.492 e. The summed E-state index contributed by atoms with van der Waals surface area (Å²) < 4.78 is 30.2. The van der Waals surface area contributed by atoms with Crippen molar-refractivity contribution in [1.82, 2.24) is 15.0 Å². The van der Waals surface area contributed by atoms with Crippen LogP contribution >= 0.6 is 0 Å². The molecule has 2 aromatic carbocycles. The van der Waals surface area contributed by atoms with Crippen molar-refractivity contribution in [3.05, 3.63) is 65.3 Å². The van der Waals surface area contributed by atoms with Crippen LogP contribution in [0.4, 0.5) is 4.39 Å². The minimum absolute atomic E-state index is 0.0814. The lowest BCUT2D eigenvalue weighted by molar-refractivity contribution is 0.0342. The van der Waals surface area contributed by atoms with Gasteiger partial charge in [-0.1, -0.05) is 23.4 Å². The van der Waals surface area contributed by atoms with Gasteiger partial charge in [-0.05, 0) is 41.8 Å². The number of rotatable bonds is 4. The zero-order valence-corrected chi connectivity index (χ0v) is 16.0. The molecule has 7 heteroatoms. The summed E-state index contributed by atoms with van der Waals surface area (Å²) in [5, 5.41) is 4.17. The molecule has 0 N–H and O–H groups in total. The first-order chi connectivity index (χ1) is 14.2. The van der Waals surface area contributed by atoms with Crippen LogP contribution < -0.4 is 4.74 Å². The van der Waals surface area contributed by atoms with Crippen LogP contribution in [0.1, 0.15) is 22.9 Å². The maximum atomic E-state index is 13.5. The summed E-state index contributed by atoms with van der Waals surface area (Å²) >= 11 is 0. The van der Waals surface area contributed by atoms with Gasteiger partial charge in [-0.3, -0.25) is 4.90 Å². The van der Waals surface area contributed by atoms with E-state index in [1.807, 2.05) is 12.1 Å². The molecule has 0 spiro atoms. The second-order valence-corrected chi connectivity index (χ2v) is 7.51. The van der Waals surface area contributed by atoms with Crippen LogP contribution in [-0.2, 0) is 17.7 Å². The summed E-state index contributed by atoms with van der Waals surface area (Å²) in [6, 6.07) is 12.8. The molecular formula is C22H22FN3O3. The Bertz CT molecular complexity index is 1000. The van der Waals surface area contributed by atoms with E-state index in [4.69, 9.17) is 14.0 Å². The fourth-order valence-corrected chi connectivity index (χ4v) is 3.87. The zero-order chi connectivity index (χ0) is 19.6. The summed E-state index contributed by atoms with van der Waals surface area (Å²) in [5.74, 6) is 1.46. The van der Waals surface area contributed by atoms with Crippen molar-refractivity contribution in [3.63, 3.8) is 0 Å². The van der Waals surface area contributed by atoms with Gasteiger partial charge in [-0.25, -0.2) is 4.39 Å². The number of fused-ring (bicyclic) bond motifs is 1. The molecule has 1 atom stereocenters. The quantitative estimate of drug-likeness (QED) is 0.675. The summed E-state index contributed by atoms with van der Waals surface area (Å²) in [5.41, 5.74) is 2.96. The molecule has 0 amide bonds. The maximum Gasteiger partial charge on any atom is 0.233 e. The second-order valence-electron chi connectivity index (χ2n) is 7.51. The molecule has 0 saturated carbocycles. The Hall–Kier alpha value is -2.77. The Morgan fingerprint density at radius 3 is 2.90 bits per heavy atom. The lowest BCUT2D eigenvalue weighted by Gasteiger charge is -2.26. The standard InChI is InChI=1S/C22H22FN3O3/c23-19-4-5-20-17(12-19)11-18(14-28-20)22-24-21(25-29-22)16-3-1-2-15(10-16)13-26-6-8-27-9-7-26/h1-5,10,12,18H,6-9,11,13-14H2. The van der Waals surface area contributed by atoms with E-state index >= 15 is 0 Å². The molecular weight excluding hydrogens is 373 g/mol. The number of benzene rings is 2. The molecule has 2 aliphatic heterocycles. The van der Waals surface area contributed by atoms with Crippen molar-refractivity contribution < 1.29 is 18.4 Å². The molecule has 29 heavy (non-hydrogen) atoms. The molecule has 1 unspecified atom stereocenters. The average molecular weight is 395 g/mol. The molecule has 150 valence electrons. The molecule has 6 nitrogen and oxygen atoms in total. The maximum absolute atomic E-state index is 13.5. The van der Waals surface area contributed by atoms with Crippen molar-refractivity contribution in [3.8, 4) is 17.1 Å². The van der Waals surface area contributed by atoms with E-state index in [0.717, 1.165) is 49.7 Å². The van der Waals surface area contributed by atoms with Crippen LogP contribution in [0.3, 0.4) is 0 Å². The molecule has 0 aliphatic carbocycles. The van der Waals surface area contributed by atoms with E-state index in [1.165, 1.54) is 17.7 Å². The minimum atomic E-state index is -0.267. The van der Waals surface area contributed by atoms with Gasteiger partial charge in [0.15, 0.2) is 0 Å². The number of hydrogen-bond acceptors (Lipinski definition) is 6. The monoisotopic (exact) mass is 395 g/mol. The van der Waals surface area contributed by atoms with Crippen molar-refractivity contribution in [2.45, 2.75) is 18.9 Å². The summed E-state index contributed by atoms with van der Waals surface area (Å²) in [4.78, 5) is 6.98. The van der Waals surface area contributed by atoms with Crippen LogP contribution in [0.25, 0.3) is 11.4 Å². The summed E-state index contributed by atoms with van der Waals surface area (Å²) in [7, 11) is 0. The number of halogens is 1. The van der Waals surface area contributed by atoms with Gasteiger partial charge in [-0.2, -0.15) is 4.98 Å². The first kappa shape index (κ1) is 18.3. The predicted molar refractivity (Wildman–Crippen MR) is 104 cm³/mol. The third-order valence-electron chi connectivity index (χ3n) is 5.41. The number of aromatic nitrogens is 2. The third kappa shape index (κ3) is 4.02. The van der Waals surface area contributed by atoms with Crippen LogP contribution in [0.2, 0.25) is 0 Å². The van der Waals surface area contributed by atoms with Crippen molar-refractivity contribution in [2.75, 3.05) is 32.9 Å². The highest BCUT2D eigenvalue weighted by Crippen LogP contribution is 2.33. The van der Waals surface area contributed by atoms with Crippen molar-refractivity contribution >= 4 is 0 Å². The second kappa shape index (κ2) is 7.93. The van der Waals surface area contributed by atoms with E-state index in [9.17, 15) is 4.39 Å². The molecule has 1 fully saturated rings. The van der Waals surface area contributed by atoms with E-state index in [0.29, 0.717) is 24.7 Å². The van der Waals surface area contributed by atoms with Crippen LogP contribution in [0.5, 0.6) is 5.75 Å². The average Bonchev–Trinajstić information content (AvgIpc) is 3.24. The van der Waals surface area contributed by atoms with Gasteiger partial charge in [0, 0.05) is 25.2 Å². The molecule has 0 radical (unpaired) electrons. The summed E-state index contributed by atoms with van der Waals surface area (Å²) in [6.07, 6.45) is 0.617. The van der Waals surface area contributed by atoms with E-state index in [2.05, 4.69) is 27.2 Å². The highest BCUT2D eigenvalue weighted by atomic mass is 19.1. The smallest absolute Gasteiger partial charge is 0.233 e. The molecule has 2 aliphatic rings. The van der Waals surface area contributed by atoms with Crippen LogP contribution in [0.15, 0.2) is 47.0 Å². The van der Waals surface area contributed by atoms with Crippen molar-refractivity contribution in [1.29, 1.82) is 0 Å². The Morgan fingerprint density at radius 1 is 1.10 bits per heavy atom. The zero-order valence-electron chi connectivity index (χ0n) is 16.0. The fourth-order valence-electron chi connectivity index (χ4n) is 3.87. The normalized spacial score (nSPS) is 19.6. The van der Waals surface area contributed by atoms with E-state index in [-0.39, 0.29) is 11.7 Å². The number of hydrogen-bond donors (Lipinski definition) is 0. The highest BCUT2D eigenvalue weighted by molar-refractivity contribution is 5.55. The van der Waals surface area contributed by atoms with E-state index < -0.39 is 0 Å². The Balaban J connectivity index is 1.32. The number of nitrogens with zero attached hydrogens (tertiary/aromatic N) is 3. The lowest BCUT2D eigenvalue weighted by atomic mass is 9.96. The molecule has 3 aromatic rings. The van der Waals surface area contributed by atoms with Gasteiger partial charge >= 0.3 is 0 Å². The van der Waals surface area contributed by atoms with Gasteiger partial charge < -0.3 is 14.0 Å². The Labute approximate surface area is 168 Å². The predicted octanol–water partition coefficient (Wildman–Crippen LogP) is 3.43. The van der Waals surface area contributed by atoms with Gasteiger partial charge in [-0.15, -0.1) is 0 Å². The molecule has 1 saturated heterocycles. The number of morpholine rings is 1. The molecule has 0 bridgehead atoms. The Kier molecular flexibility index (Phi) is 4.99. The first-order valence-electron chi connectivity index (χ1n) is 9.89. The largest absolute Gasteiger partial charge is 0.492 e. The van der Waals surface area contributed by atoms with Gasteiger partial charge in [0.25, 0.3) is 0 Å². The van der Waals surface area contributed by atoms with Crippen LogP contribution in [-0.4, -0.2) is 48.0 Å². The van der Waals surface area contributed by atoms with Crippen molar-refractivity contribution in [2.24, 2.45) is 0 Å². The van der Waals surface area contributed by atoms with E-state index in [1.54, 1.807) is 6.07 Å². The lowest BCUT2D eigenvalue weighted by Crippen LogP contribution is -2.35.